The van der Waals surface area contributed by atoms with Gasteiger partial charge in [0.2, 0.25) is 0 Å². The normalized spacial score (nSPS) is 14.0. The minimum Gasteiger partial charge on any atom is -0.462 e. The molecule has 2 N–H and O–H groups in total. The minimum atomic E-state index is -4.77. The van der Waals surface area contributed by atoms with Crippen molar-refractivity contribution >= 4 is 25.7 Å². The van der Waals surface area contributed by atoms with E-state index in [1.54, 1.807) is 0 Å². The van der Waals surface area contributed by atoms with E-state index in [1.807, 2.05) is 12.2 Å². The van der Waals surface area contributed by atoms with Gasteiger partial charge in [0.1, 0.15) is 12.7 Å². The summed E-state index contributed by atoms with van der Waals surface area (Å²) in [6.07, 6.45) is 64.1. The van der Waals surface area contributed by atoms with Gasteiger partial charge in [0.05, 0.1) is 19.8 Å². The number of carbonyl (C=O) groups excluding carboxylic acids is 3. The third-order valence-corrected chi connectivity index (χ3v) is 13.2. The Kier molecular flexibility index (Phi) is 53.4. The Bertz CT molecular complexity index is 1560. The summed E-state index contributed by atoms with van der Waals surface area (Å²) in [5.74, 6) is -1.55. The summed E-state index contributed by atoms with van der Waals surface area (Å²) in [6, 6.07) is 0. The second-order valence-corrected chi connectivity index (χ2v) is 20.9. The van der Waals surface area contributed by atoms with Gasteiger partial charge in [-0.3, -0.25) is 23.4 Å². The van der Waals surface area contributed by atoms with Crippen molar-refractivity contribution in [1.82, 2.24) is 0 Å². The molecule has 0 aliphatic carbocycles. The summed E-state index contributed by atoms with van der Waals surface area (Å²) in [4.78, 5) is 48.5. The maximum Gasteiger partial charge on any atom is 0.472 e. The van der Waals surface area contributed by atoms with Gasteiger partial charge in [0.25, 0.3) is 0 Å². The lowest BCUT2D eigenvalue weighted by atomic mass is 10.1. The number of allylic oxidation sites excluding steroid dienone is 14. The molecule has 0 aliphatic rings. The van der Waals surface area contributed by atoms with Crippen molar-refractivity contribution in [2.45, 2.75) is 264 Å². The Labute approximate surface area is 451 Å². The van der Waals surface area contributed by atoms with Crippen LogP contribution in [-0.2, 0) is 42.2 Å². The van der Waals surface area contributed by atoms with Crippen molar-refractivity contribution in [1.29, 1.82) is 0 Å². The molecule has 0 amide bonds. The lowest BCUT2D eigenvalue weighted by Gasteiger charge is -2.21. The predicted octanol–water partition coefficient (Wildman–Crippen LogP) is 17.5. The van der Waals surface area contributed by atoms with Crippen molar-refractivity contribution in [3.05, 3.63) is 85.1 Å². The highest BCUT2D eigenvalue weighted by molar-refractivity contribution is 7.47. The smallest absolute Gasteiger partial charge is 0.462 e. The number of hydrogen-bond acceptors (Lipinski definition) is 10. The molecule has 0 saturated carbocycles. The molecule has 0 aromatic heterocycles. The first kappa shape index (κ1) is 70.7. The number of esters is 3. The molecule has 0 rings (SSSR count). The number of aliphatic hydroxyl groups excluding tert-OH is 1. The number of rotatable bonds is 54. The van der Waals surface area contributed by atoms with Crippen LogP contribution in [-0.4, -0.2) is 66.5 Å². The molecular weight excluding hydrogens is 952 g/mol. The Morgan fingerprint density at radius 3 is 1.19 bits per heavy atom. The summed E-state index contributed by atoms with van der Waals surface area (Å²) < 4.78 is 39.4. The van der Waals surface area contributed by atoms with Crippen LogP contribution in [0.2, 0.25) is 0 Å². The number of phosphoric ester groups is 1. The minimum absolute atomic E-state index is 0.0864. The van der Waals surface area contributed by atoms with Crippen LogP contribution in [0.3, 0.4) is 0 Å². The maximum atomic E-state index is 12.9. The van der Waals surface area contributed by atoms with Crippen LogP contribution in [0.1, 0.15) is 252 Å². The highest BCUT2D eigenvalue weighted by Crippen LogP contribution is 2.43. The van der Waals surface area contributed by atoms with Crippen LogP contribution in [0, 0.1) is 0 Å². The highest BCUT2D eigenvalue weighted by atomic mass is 31.2. The Balaban J connectivity index is 4.79. The van der Waals surface area contributed by atoms with Crippen LogP contribution in [0.15, 0.2) is 85.1 Å². The standard InChI is InChI=1S/C62H107O11P/c1-4-7-10-13-16-19-22-24-26-28-29-31-32-34-37-39-42-45-48-51-60(64)69-55-59(73-62(66)53-50-47-44-41-38-35-33-30-27-25-23-20-17-14-11-8-5-2)57-71-74(67,68)70-56-58(54-63)72-61(65)52-49-46-43-40-36-21-18-15-12-9-6-3/h8,11,15,17-18,20,24-27,33,35,41,44,58-59,63H,4-7,9-10,12-14,16,19,21-23,28-32,34,36-40,42-43,45-57H2,1-3H3,(H,67,68)/b11-8-,18-15-,20-17-,26-24-,27-25-,35-33-,44-41-. The van der Waals surface area contributed by atoms with Gasteiger partial charge in [-0.05, 0) is 103 Å². The highest BCUT2D eigenvalue weighted by Gasteiger charge is 2.28. The third-order valence-electron chi connectivity index (χ3n) is 12.3. The molecule has 0 radical (unpaired) electrons. The van der Waals surface area contributed by atoms with Crippen LogP contribution in [0.25, 0.3) is 0 Å². The lowest BCUT2D eigenvalue weighted by molar-refractivity contribution is -0.161. The zero-order valence-corrected chi connectivity index (χ0v) is 47.9. The van der Waals surface area contributed by atoms with Crippen molar-refractivity contribution in [2.24, 2.45) is 0 Å². The first-order chi connectivity index (χ1) is 36.2. The molecular formula is C62H107O11P. The fourth-order valence-corrected chi connectivity index (χ4v) is 8.56. The SMILES string of the molecule is CC/C=C\C/C=C\C/C=C\C/C=C\C/C=C\CCCC(=O)OC(COC(=O)CCCCCCCCCCC/C=C\CCCCCCCC)COP(=O)(O)OCC(CO)OC(=O)CCCCCCC/C=C\CCCC. The fourth-order valence-electron chi connectivity index (χ4n) is 7.78. The number of hydrogen-bond donors (Lipinski definition) is 2. The van der Waals surface area contributed by atoms with Crippen molar-refractivity contribution < 1.29 is 52.2 Å². The van der Waals surface area contributed by atoms with Gasteiger partial charge in [-0.1, -0.05) is 215 Å². The van der Waals surface area contributed by atoms with Crippen molar-refractivity contribution in [3.8, 4) is 0 Å². The summed E-state index contributed by atoms with van der Waals surface area (Å²) in [5.41, 5.74) is 0. The predicted molar refractivity (Wildman–Crippen MR) is 307 cm³/mol. The molecule has 0 spiro atoms. The Morgan fingerprint density at radius 2 is 0.730 bits per heavy atom. The number of aliphatic hydroxyl groups is 1. The second kappa shape index (κ2) is 55.9. The average molecular weight is 1060 g/mol. The Morgan fingerprint density at radius 1 is 0.392 bits per heavy atom. The summed E-state index contributed by atoms with van der Waals surface area (Å²) >= 11 is 0. The van der Waals surface area contributed by atoms with E-state index < -0.39 is 57.8 Å². The monoisotopic (exact) mass is 1060 g/mol. The molecule has 0 aromatic carbocycles. The van der Waals surface area contributed by atoms with Gasteiger partial charge < -0.3 is 24.2 Å². The number of carbonyl (C=O) groups is 3. The summed E-state index contributed by atoms with van der Waals surface area (Å²) in [6.45, 7) is 4.42. The summed E-state index contributed by atoms with van der Waals surface area (Å²) in [7, 11) is -4.77. The zero-order chi connectivity index (χ0) is 54.1. The number of ether oxygens (including phenoxy) is 3. The zero-order valence-electron chi connectivity index (χ0n) is 47.0. The van der Waals surface area contributed by atoms with E-state index in [4.69, 9.17) is 23.3 Å². The van der Waals surface area contributed by atoms with Crippen molar-refractivity contribution in [3.63, 3.8) is 0 Å². The van der Waals surface area contributed by atoms with Crippen LogP contribution in [0.5, 0.6) is 0 Å². The van der Waals surface area contributed by atoms with Gasteiger partial charge in [-0.2, -0.15) is 0 Å². The topological polar surface area (TPSA) is 155 Å². The Hall–Kier alpha value is -3.34. The van der Waals surface area contributed by atoms with E-state index in [9.17, 15) is 28.9 Å². The first-order valence-electron chi connectivity index (χ1n) is 29.5. The molecule has 3 atom stereocenters. The molecule has 426 valence electrons. The molecule has 0 aromatic rings. The molecule has 0 bridgehead atoms. The molecule has 0 fully saturated rings. The molecule has 11 nitrogen and oxygen atoms in total. The molecule has 0 saturated heterocycles. The molecule has 12 heteroatoms. The lowest BCUT2D eigenvalue weighted by Crippen LogP contribution is -2.30. The summed E-state index contributed by atoms with van der Waals surface area (Å²) in [5, 5.41) is 9.79. The number of phosphoric acid groups is 1. The second-order valence-electron chi connectivity index (χ2n) is 19.4. The average Bonchev–Trinajstić information content (AvgIpc) is 3.39. The van der Waals surface area contributed by atoms with Crippen molar-refractivity contribution in [2.75, 3.05) is 26.4 Å². The number of unbranched alkanes of at least 4 members (excludes halogenated alkanes) is 23. The van der Waals surface area contributed by atoms with Crippen LogP contribution >= 0.6 is 7.82 Å². The third kappa shape index (κ3) is 53.5. The molecule has 3 unspecified atom stereocenters. The largest absolute Gasteiger partial charge is 0.472 e. The van der Waals surface area contributed by atoms with Gasteiger partial charge >= 0.3 is 25.7 Å². The first-order valence-corrected chi connectivity index (χ1v) is 31.0. The fraction of sp³-hybridized carbons (Fsp3) is 0.726. The van der Waals surface area contributed by atoms with Crippen LogP contribution < -0.4 is 0 Å². The van der Waals surface area contributed by atoms with Crippen LogP contribution in [0.4, 0.5) is 0 Å². The molecule has 74 heavy (non-hydrogen) atoms. The quantitative estimate of drug-likeness (QED) is 0.0197. The van der Waals surface area contributed by atoms with E-state index >= 15 is 0 Å². The molecule has 0 aliphatic heterocycles. The van der Waals surface area contributed by atoms with Gasteiger partial charge in [-0.15, -0.1) is 0 Å². The maximum absolute atomic E-state index is 12.9. The van der Waals surface area contributed by atoms with Gasteiger partial charge in [0, 0.05) is 19.3 Å². The van der Waals surface area contributed by atoms with E-state index in [1.165, 1.54) is 96.3 Å². The molecule has 0 heterocycles. The van der Waals surface area contributed by atoms with E-state index in [0.29, 0.717) is 25.7 Å². The van der Waals surface area contributed by atoms with E-state index in [0.717, 1.165) is 89.9 Å². The van der Waals surface area contributed by atoms with E-state index in [2.05, 4.69) is 93.7 Å². The van der Waals surface area contributed by atoms with Gasteiger partial charge in [0.15, 0.2) is 6.10 Å². The van der Waals surface area contributed by atoms with E-state index in [-0.39, 0.29) is 25.9 Å². The van der Waals surface area contributed by atoms with Gasteiger partial charge in [-0.25, -0.2) is 4.57 Å².